The topological polar surface area (TPSA) is 83.8 Å². The lowest BCUT2D eigenvalue weighted by atomic mass is 10.1. The number of nitrogens with zero attached hydrogens (tertiary/aromatic N) is 2. The minimum Gasteiger partial charge on any atom is -0.492 e. The van der Waals surface area contributed by atoms with Gasteiger partial charge in [-0.25, -0.2) is 18.0 Å². The summed E-state index contributed by atoms with van der Waals surface area (Å²) in [6, 6.07) is 0.705. The van der Waals surface area contributed by atoms with Gasteiger partial charge in [-0.15, -0.1) is 0 Å². The Morgan fingerprint density at radius 2 is 2.00 bits per heavy atom. The number of carboxylic acid groups (broad SMARTS) is 1. The molecule has 4 unspecified atom stereocenters. The molecule has 4 atom stereocenters. The molecule has 2 saturated carbocycles. The van der Waals surface area contributed by atoms with Crippen LogP contribution in [0, 0.1) is 11.7 Å². The van der Waals surface area contributed by atoms with Crippen LogP contribution in [-0.4, -0.2) is 60.8 Å². The Labute approximate surface area is 181 Å². The van der Waals surface area contributed by atoms with E-state index in [1.54, 1.807) is 4.90 Å². The summed E-state index contributed by atoms with van der Waals surface area (Å²) in [6.07, 6.45) is 1.01. The highest BCUT2D eigenvalue weighted by molar-refractivity contribution is 5.97. The van der Waals surface area contributed by atoms with E-state index in [2.05, 4.69) is 5.32 Å². The SMILES string of the molecule is COc1c(N2CC(F)C(CNC3CC3)C2)c(F)cc2c(=O)c(C(=O)O)cn(C3CC3F)c12. The summed E-state index contributed by atoms with van der Waals surface area (Å²) in [5.74, 6) is -2.63. The van der Waals surface area contributed by atoms with Crippen LogP contribution in [0.25, 0.3) is 10.9 Å². The first kappa shape index (κ1) is 21.1. The van der Waals surface area contributed by atoms with Crippen LogP contribution in [0.2, 0.25) is 0 Å². The second kappa shape index (κ2) is 7.68. The van der Waals surface area contributed by atoms with Gasteiger partial charge >= 0.3 is 5.97 Å². The van der Waals surface area contributed by atoms with Crippen LogP contribution in [0.5, 0.6) is 5.75 Å². The quantitative estimate of drug-likeness (QED) is 0.674. The number of methoxy groups -OCH3 is 1. The summed E-state index contributed by atoms with van der Waals surface area (Å²) in [7, 11) is 1.30. The van der Waals surface area contributed by atoms with E-state index in [1.165, 1.54) is 11.7 Å². The Morgan fingerprint density at radius 1 is 1.28 bits per heavy atom. The molecule has 0 bridgehead atoms. The molecule has 3 aliphatic rings. The molecule has 172 valence electrons. The van der Waals surface area contributed by atoms with E-state index < -0.39 is 41.2 Å². The van der Waals surface area contributed by atoms with Crippen molar-refractivity contribution < 1.29 is 27.8 Å². The molecule has 1 aromatic heterocycles. The van der Waals surface area contributed by atoms with Crippen LogP contribution in [0.1, 0.15) is 35.7 Å². The molecule has 2 N–H and O–H groups in total. The zero-order valence-corrected chi connectivity index (χ0v) is 17.5. The molecule has 0 spiro atoms. The van der Waals surface area contributed by atoms with Gasteiger partial charge in [-0.05, 0) is 18.9 Å². The highest BCUT2D eigenvalue weighted by Gasteiger charge is 2.42. The molecule has 1 aliphatic heterocycles. The number of fused-ring (bicyclic) bond motifs is 1. The molecule has 7 nitrogen and oxygen atoms in total. The Bertz CT molecular complexity index is 1150. The van der Waals surface area contributed by atoms with Crippen LogP contribution >= 0.6 is 0 Å². The summed E-state index contributed by atoms with van der Waals surface area (Å²) in [4.78, 5) is 25.9. The normalized spacial score (nSPS) is 27.2. The van der Waals surface area contributed by atoms with Crippen molar-refractivity contribution in [3.05, 3.63) is 33.9 Å². The van der Waals surface area contributed by atoms with Crippen LogP contribution in [0.3, 0.4) is 0 Å². The first-order valence-corrected chi connectivity index (χ1v) is 10.7. The van der Waals surface area contributed by atoms with Crippen molar-refractivity contribution in [2.24, 2.45) is 5.92 Å². The summed E-state index contributed by atoms with van der Waals surface area (Å²) >= 11 is 0. The molecule has 2 aliphatic carbocycles. The van der Waals surface area contributed by atoms with Gasteiger partial charge in [0.05, 0.1) is 24.1 Å². The number of hydrogen-bond acceptors (Lipinski definition) is 5. The second-order valence-corrected chi connectivity index (χ2v) is 8.90. The number of alkyl halides is 2. The Balaban J connectivity index is 1.62. The van der Waals surface area contributed by atoms with Crippen molar-refractivity contribution in [3.63, 3.8) is 0 Å². The van der Waals surface area contributed by atoms with Gasteiger partial charge in [0.25, 0.3) is 0 Å². The second-order valence-electron chi connectivity index (χ2n) is 8.90. The first-order valence-electron chi connectivity index (χ1n) is 10.7. The Hall–Kier alpha value is -2.75. The van der Waals surface area contributed by atoms with E-state index in [1.807, 2.05) is 0 Å². The first-order chi connectivity index (χ1) is 15.3. The predicted molar refractivity (Wildman–Crippen MR) is 112 cm³/mol. The van der Waals surface area contributed by atoms with Crippen LogP contribution in [0.15, 0.2) is 17.1 Å². The van der Waals surface area contributed by atoms with Gasteiger partial charge < -0.3 is 24.6 Å². The van der Waals surface area contributed by atoms with Gasteiger partial charge in [-0.1, -0.05) is 0 Å². The van der Waals surface area contributed by atoms with Gasteiger partial charge in [-0.3, -0.25) is 4.79 Å². The number of ether oxygens (including phenoxy) is 1. The number of carboxylic acids is 1. The molecule has 10 heteroatoms. The van der Waals surface area contributed by atoms with Crippen molar-refractivity contribution in [2.45, 2.75) is 43.7 Å². The number of aromatic carboxylic acids is 1. The predicted octanol–water partition coefficient (Wildman–Crippen LogP) is 2.66. The molecule has 32 heavy (non-hydrogen) atoms. The van der Waals surface area contributed by atoms with Crippen molar-refractivity contribution in [3.8, 4) is 5.75 Å². The zero-order valence-electron chi connectivity index (χ0n) is 17.5. The monoisotopic (exact) mass is 451 g/mol. The van der Waals surface area contributed by atoms with Crippen molar-refractivity contribution in [1.29, 1.82) is 0 Å². The lowest BCUT2D eigenvalue weighted by Crippen LogP contribution is -2.30. The van der Waals surface area contributed by atoms with Gasteiger partial charge in [-0.2, -0.15) is 0 Å². The third-order valence-corrected chi connectivity index (χ3v) is 6.59. The average Bonchev–Trinajstić information content (AvgIpc) is 3.67. The molecular formula is C22H24F3N3O4. The number of nitrogens with one attached hydrogen (secondary N) is 1. The summed E-state index contributed by atoms with van der Waals surface area (Å²) in [5, 5.41) is 12.5. The smallest absolute Gasteiger partial charge is 0.341 e. The highest BCUT2D eigenvalue weighted by Crippen LogP contribution is 2.46. The number of hydrogen-bond donors (Lipinski definition) is 2. The van der Waals surface area contributed by atoms with E-state index in [4.69, 9.17) is 4.74 Å². The standard InChI is InChI=1S/C22H24F3N3O4/c1-32-21-18-12(20(29)13(22(30)31)8-28(18)17-5-14(17)23)4-15(24)19(21)27-7-10(16(25)9-27)6-26-11-2-3-11/h4,8,10-11,14,16-17,26H,2-3,5-7,9H2,1H3,(H,30,31). The number of carbonyl (C=O) groups is 1. The highest BCUT2D eigenvalue weighted by atomic mass is 19.1. The summed E-state index contributed by atoms with van der Waals surface area (Å²) in [5.41, 5.74) is -1.32. The molecule has 1 saturated heterocycles. The Kier molecular flexibility index (Phi) is 5.07. The van der Waals surface area contributed by atoms with Crippen LogP contribution < -0.4 is 20.4 Å². The van der Waals surface area contributed by atoms with Crippen LogP contribution in [0.4, 0.5) is 18.9 Å². The van der Waals surface area contributed by atoms with E-state index in [9.17, 15) is 23.5 Å². The maximum Gasteiger partial charge on any atom is 0.341 e. The fraction of sp³-hybridized carbons (Fsp3) is 0.545. The van der Waals surface area contributed by atoms with Gasteiger partial charge in [0.15, 0.2) is 11.6 Å². The molecular weight excluding hydrogens is 427 g/mol. The lowest BCUT2D eigenvalue weighted by Gasteiger charge is -2.24. The summed E-state index contributed by atoms with van der Waals surface area (Å²) in [6.45, 7) is 0.701. The number of rotatable bonds is 7. The number of aromatic nitrogens is 1. The number of anilines is 1. The minimum absolute atomic E-state index is 0.00357. The van der Waals surface area contributed by atoms with E-state index in [0.717, 1.165) is 25.1 Å². The van der Waals surface area contributed by atoms with Crippen molar-refractivity contribution in [2.75, 3.05) is 31.6 Å². The van der Waals surface area contributed by atoms with E-state index in [-0.39, 0.29) is 47.8 Å². The summed E-state index contributed by atoms with van der Waals surface area (Å²) < 4.78 is 50.8. The lowest BCUT2D eigenvalue weighted by molar-refractivity contribution is 0.0694. The fourth-order valence-corrected chi connectivity index (χ4v) is 4.60. The number of halogens is 3. The average molecular weight is 451 g/mol. The van der Waals surface area contributed by atoms with Crippen molar-refractivity contribution >= 4 is 22.6 Å². The molecule has 2 heterocycles. The largest absolute Gasteiger partial charge is 0.492 e. The van der Waals surface area contributed by atoms with Crippen molar-refractivity contribution in [1.82, 2.24) is 9.88 Å². The maximum absolute atomic E-state index is 15.3. The van der Waals surface area contributed by atoms with Gasteiger partial charge in [0.1, 0.15) is 23.6 Å². The third-order valence-electron chi connectivity index (χ3n) is 6.59. The Morgan fingerprint density at radius 3 is 2.59 bits per heavy atom. The number of pyridine rings is 1. The van der Waals surface area contributed by atoms with Gasteiger partial charge in [0, 0.05) is 44.2 Å². The van der Waals surface area contributed by atoms with Crippen LogP contribution in [-0.2, 0) is 0 Å². The van der Waals surface area contributed by atoms with E-state index >= 15 is 4.39 Å². The number of benzene rings is 1. The molecule has 5 rings (SSSR count). The molecule has 0 amide bonds. The van der Waals surface area contributed by atoms with Gasteiger partial charge in [0.2, 0.25) is 5.43 Å². The molecule has 1 aromatic carbocycles. The minimum atomic E-state index is -1.48. The zero-order chi connectivity index (χ0) is 22.7. The third kappa shape index (κ3) is 3.50. The maximum atomic E-state index is 15.3. The molecule has 2 aromatic rings. The van der Waals surface area contributed by atoms with E-state index in [0.29, 0.717) is 12.6 Å². The molecule has 0 radical (unpaired) electrons. The molecule has 3 fully saturated rings. The fourth-order valence-electron chi connectivity index (χ4n) is 4.60.